The molecule has 3 aromatic rings. The van der Waals surface area contributed by atoms with E-state index in [2.05, 4.69) is 21.7 Å². The number of benzene rings is 1. The second-order valence-electron chi connectivity index (χ2n) is 6.14. The van der Waals surface area contributed by atoms with Gasteiger partial charge in [0.1, 0.15) is 5.82 Å². The maximum absolute atomic E-state index is 11.6. The summed E-state index contributed by atoms with van der Waals surface area (Å²) >= 11 is 0. The molecule has 24 heavy (non-hydrogen) atoms. The Morgan fingerprint density at radius 3 is 2.62 bits per heavy atom. The van der Waals surface area contributed by atoms with Crippen molar-refractivity contribution in [3.05, 3.63) is 54.1 Å². The Balaban J connectivity index is 1.88. The standard InChI is InChI=1S/C19H19N3OS/c1-13-12-15(9-10-20-13)19-18(21-17-4-3-11-22(17)19)14-5-7-16(8-6-14)24(2)23/h5-10,12H,3-4,11H2,1-2H3/t24-/m1/s1. The van der Waals surface area contributed by atoms with E-state index in [4.69, 9.17) is 4.98 Å². The maximum Gasteiger partial charge on any atom is 0.109 e. The number of hydrogen-bond acceptors (Lipinski definition) is 3. The van der Waals surface area contributed by atoms with E-state index in [1.54, 1.807) is 6.26 Å². The van der Waals surface area contributed by atoms with Gasteiger partial charge < -0.3 is 4.57 Å². The van der Waals surface area contributed by atoms with Crippen molar-refractivity contribution in [2.24, 2.45) is 0 Å². The van der Waals surface area contributed by atoms with Crippen molar-refractivity contribution in [3.8, 4) is 22.5 Å². The third-order valence-corrected chi connectivity index (χ3v) is 5.39. The van der Waals surface area contributed by atoms with E-state index in [1.165, 1.54) is 5.69 Å². The van der Waals surface area contributed by atoms with Crippen molar-refractivity contribution < 1.29 is 4.21 Å². The molecule has 1 aliphatic rings. The fraction of sp³-hybridized carbons (Fsp3) is 0.263. The second-order valence-corrected chi connectivity index (χ2v) is 7.52. The van der Waals surface area contributed by atoms with E-state index in [-0.39, 0.29) is 0 Å². The number of aromatic nitrogens is 3. The monoisotopic (exact) mass is 337 g/mol. The molecule has 3 heterocycles. The van der Waals surface area contributed by atoms with Crippen LogP contribution in [0.1, 0.15) is 17.9 Å². The summed E-state index contributed by atoms with van der Waals surface area (Å²) in [4.78, 5) is 10.1. The number of imidazole rings is 1. The molecule has 0 fully saturated rings. The summed E-state index contributed by atoms with van der Waals surface area (Å²) in [6.45, 7) is 3.02. The topological polar surface area (TPSA) is 47.8 Å². The summed E-state index contributed by atoms with van der Waals surface area (Å²) in [6, 6.07) is 12.1. The van der Waals surface area contributed by atoms with Gasteiger partial charge in [-0.1, -0.05) is 12.1 Å². The van der Waals surface area contributed by atoms with E-state index in [1.807, 2.05) is 37.4 Å². The van der Waals surface area contributed by atoms with Gasteiger partial charge in [0, 0.05) is 57.9 Å². The zero-order chi connectivity index (χ0) is 16.7. The molecule has 0 saturated heterocycles. The lowest BCUT2D eigenvalue weighted by atomic mass is 10.0. The van der Waals surface area contributed by atoms with E-state index in [9.17, 15) is 4.21 Å². The van der Waals surface area contributed by atoms with Gasteiger partial charge in [-0.15, -0.1) is 0 Å². The smallest absolute Gasteiger partial charge is 0.109 e. The average Bonchev–Trinajstić information content (AvgIpc) is 3.15. The summed E-state index contributed by atoms with van der Waals surface area (Å²) < 4.78 is 13.9. The van der Waals surface area contributed by atoms with Gasteiger partial charge in [0.25, 0.3) is 0 Å². The highest BCUT2D eigenvalue weighted by Gasteiger charge is 2.23. The summed E-state index contributed by atoms with van der Waals surface area (Å²) in [7, 11) is -0.962. The Kier molecular flexibility index (Phi) is 3.81. The molecule has 0 spiro atoms. The lowest BCUT2D eigenvalue weighted by Gasteiger charge is -2.09. The molecule has 1 atom stereocenters. The number of hydrogen-bond donors (Lipinski definition) is 0. The van der Waals surface area contributed by atoms with Crippen LogP contribution in [0.3, 0.4) is 0 Å². The molecule has 2 aromatic heterocycles. The van der Waals surface area contributed by atoms with Crippen molar-refractivity contribution in [1.29, 1.82) is 0 Å². The number of fused-ring (bicyclic) bond motifs is 1. The number of nitrogens with zero attached hydrogens (tertiary/aromatic N) is 3. The Morgan fingerprint density at radius 1 is 1.12 bits per heavy atom. The lowest BCUT2D eigenvalue weighted by molar-refractivity contribution is 0.687. The Morgan fingerprint density at radius 2 is 1.92 bits per heavy atom. The van der Waals surface area contributed by atoms with E-state index < -0.39 is 10.8 Å². The van der Waals surface area contributed by atoms with Crippen LogP contribution in [0, 0.1) is 6.92 Å². The summed E-state index contributed by atoms with van der Waals surface area (Å²) in [6.07, 6.45) is 5.72. The second kappa shape index (κ2) is 5.98. The quantitative estimate of drug-likeness (QED) is 0.733. The van der Waals surface area contributed by atoms with Gasteiger partial charge in [0.15, 0.2) is 0 Å². The molecule has 5 heteroatoms. The van der Waals surface area contributed by atoms with E-state index in [0.717, 1.165) is 52.6 Å². The molecular weight excluding hydrogens is 318 g/mol. The molecule has 1 aromatic carbocycles. The Bertz CT molecular complexity index is 928. The van der Waals surface area contributed by atoms with Crippen molar-refractivity contribution in [1.82, 2.24) is 14.5 Å². The SMILES string of the molecule is Cc1cc(-c2c(-c3ccc([S@@](C)=O)cc3)nc3n2CCC3)ccn1. The largest absolute Gasteiger partial charge is 0.327 e. The molecule has 0 radical (unpaired) electrons. The molecule has 4 nitrogen and oxygen atoms in total. The molecular formula is C19H19N3OS. The van der Waals surface area contributed by atoms with Crippen LogP contribution in [0.2, 0.25) is 0 Å². The van der Waals surface area contributed by atoms with Crippen LogP contribution in [0.4, 0.5) is 0 Å². The van der Waals surface area contributed by atoms with Crippen molar-refractivity contribution in [2.45, 2.75) is 31.2 Å². The molecule has 0 bridgehead atoms. The number of rotatable bonds is 3. The van der Waals surface area contributed by atoms with Crippen molar-refractivity contribution >= 4 is 10.8 Å². The lowest BCUT2D eigenvalue weighted by Crippen LogP contribution is -1.97. The van der Waals surface area contributed by atoms with Gasteiger partial charge in [0.2, 0.25) is 0 Å². The third kappa shape index (κ3) is 2.59. The molecule has 0 N–H and O–H groups in total. The zero-order valence-corrected chi connectivity index (χ0v) is 14.6. The third-order valence-electron chi connectivity index (χ3n) is 4.46. The van der Waals surface area contributed by atoms with Crippen LogP contribution >= 0.6 is 0 Å². The van der Waals surface area contributed by atoms with Crippen molar-refractivity contribution in [3.63, 3.8) is 0 Å². The van der Waals surface area contributed by atoms with Crippen LogP contribution < -0.4 is 0 Å². The van der Waals surface area contributed by atoms with Crippen LogP contribution in [0.15, 0.2) is 47.5 Å². The normalized spacial score (nSPS) is 14.6. The zero-order valence-electron chi connectivity index (χ0n) is 13.8. The molecule has 122 valence electrons. The van der Waals surface area contributed by atoms with E-state index in [0.29, 0.717) is 0 Å². The van der Waals surface area contributed by atoms with Gasteiger partial charge in [-0.05, 0) is 37.6 Å². The van der Waals surface area contributed by atoms with Gasteiger partial charge >= 0.3 is 0 Å². The Hall–Kier alpha value is -2.27. The summed E-state index contributed by atoms with van der Waals surface area (Å²) in [5, 5.41) is 0. The minimum atomic E-state index is -0.962. The van der Waals surface area contributed by atoms with Crippen LogP contribution in [-0.4, -0.2) is 25.0 Å². The first-order chi connectivity index (χ1) is 11.6. The fourth-order valence-electron chi connectivity index (χ4n) is 3.32. The number of aryl methyl sites for hydroxylation is 2. The van der Waals surface area contributed by atoms with Crippen molar-refractivity contribution in [2.75, 3.05) is 6.26 Å². The van der Waals surface area contributed by atoms with Crippen LogP contribution in [-0.2, 0) is 23.8 Å². The van der Waals surface area contributed by atoms with Gasteiger partial charge in [-0.3, -0.25) is 9.19 Å². The number of pyridine rings is 1. The first kappa shape index (κ1) is 15.3. The predicted octanol–water partition coefficient (Wildman–Crippen LogP) is 3.60. The minimum Gasteiger partial charge on any atom is -0.327 e. The fourth-order valence-corrected chi connectivity index (χ4v) is 3.84. The van der Waals surface area contributed by atoms with Crippen LogP contribution in [0.5, 0.6) is 0 Å². The highest BCUT2D eigenvalue weighted by molar-refractivity contribution is 7.84. The van der Waals surface area contributed by atoms with Gasteiger partial charge in [-0.25, -0.2) is 4.98 Å². The predicted molar refractivity (Wildman–Crippen MR) is 96.3 cm³/mol. The molecule has 0 saturated carbocycles. The Labute approximate surface area is 144 Å². The summed E-state index contributed by atoms with van der Waals surface area (Å²) in [5.41, 5.74) is 5.39. The highest BCUT2D eigenvalue weighted by Crippen LogP contribution is 2.35. The van der Waals surface area contributed by atoms with E-state index >= 15 is 0 Å². The maximum atomic E-state index is 11.6. The average molecular weight is 337 g/mol. The van der Waals surface area contributed by atoms with Crippen LogP contribution in [0.25, 0.3) is 22.5 Å². The molecule has 0 amide bonds. The van der Waals surface area contributed by atoms with Gasteiger partial charge in [-0.2, -0.15) is 0 Å². The molecule has 1 aliphatic heterocycles. The highest BCUT2D eigenvalue weighted by atomic mass is 32.2. The molecule has 4 rings (SSSR count). The molecule has 0 aliphatic carbocycles. The molecule has 0 unspecified atom stereocenters. The first-order valence-electron chi connectivity index (χ1n) is 8.10. The summed E-state index contributed by atoms with van der Waals surface area (Å²) in [5.74, 6) is 1.15. The minimum absolute atomic E-state index is 0.840. The van der Waals surface area contributed by atoms with Gasteiger partial charge in [0.05, 0.1) is 11.4 Å². The first-order valence-corrected chi connectivity index (χ1v) is 9.65.